The molecule has 1 amide bonds. The predicted octanol–water partition coefficient (Wildman–Crippen LogP) is 3.91. The minimum absolute atomic E-state index is 0. The van der Waals surface area contributed by atoms with E-state index in [1.54, 1.807) is 19.2 Å². The maximum Gasteiger partial charge on any atom is 0.224 e. The first-order valence-corrected chi connectivity index (χ1v) is 8.37. The Kier molecular flexibility index (Phi) is 8.26. The van der Waals surface area contributed by atoms with Crippen LogP contribution in [0.1, 0.15) is 37.9 Å². The summed E-state index contributed by atoms with van der Waals surface area (Å²) in [6, 6.07) is 12.9. The number of benzene rings is 2. The van der Waals surface area contributed by atoms with Crippen LogP contribution in [0.15, 0.2) is 42.5 Å². The fourth-order valence-corrected chi connectivity index (χ4v) is 2.50. The number of carbonyl (C=O) groups excluding carboxylic acids is 1. The van der Waals surface area contributed by atoms with Crippen molar-refractivity contribution in [3.05, 3.63) is 53.6 Å². The second-order valence-electron chi connectivity index (χ2n) is 6.28. The molecule has 142 valence electrons. The van der Waals surface area contributed by atoms with Gasteiger partial charge in [0.05, 0.1) is 25.7 Å². The molecule has 0 aliphatic rings. The van der Waals surface area contributed by atoms with E-state index in [4.69, 9.17) is 15.2 Å². The van der Waals surface area contributed by atoms with Gasteiger partial charge in [0.25, 0.3) is 0 Å². The second kappa shape index (κ2) is 9.92. The number of anilines is 1. The monoisotopic (exact) mass is 378 g/mol. The van der Waals surface area contributed by atoms with Gasteiger partial charge in [-0.15, -0.1) is 12.4 Å². The van der Waals surface area contributed by atoms with Gasteiger partial charge in [0, 0.05) is 5.69 Å². The summed E-state index contributed by atoms with van der Waals surface area (Å²) in [6.45, 7) is 5.87. The van der Waals surface area contributed by atoms with Gasteiger partial charge >= 0.3 is 0 Å². The Morgan fingerprint density at radius 3 is 2.31 bits per heavy atom. The van der Waals surface area contributed by atoms with Crippen LogP contribution in [0.4, 0.5) is 5.69 Å². The SMILES string of the molecule is COc1cc(C(C)NC(=O)Cc2ccc(N)cc2)ccc1OC(C)C.Cl. The van der Waals surface area contributed by atoms with Crippen molar-refractivity contribution in [2.24, 2.45) is 0 Å². The number of nitrogens with two attached hydrogens (primary N) is 1. The third-order valence-corrected chi connectivity index (χ3v) is 3.77. The Hall–Kier alpha value is -2.40. The molecule has 0 spiro atoms. The smallest absolute Gasteiger partial charge is 0.224 e. The van der Waals surface area contributed by atoms with Gasteiger partial charge < -0.3 is 20.5 Å². The van der Waals surface area contributed by atoms with Gasteiger partial charge in [0.1, 0.15) is 0 Å². The van der Waals surface area contributed by atoms with Crippen molar-refractivity contribution in [3.63, 3.8) is 0 Å². The average Bonchev–Trinajstić information content (AvgIpc) is 2.56. The van der Waals surface area contributed by atoms with E-state index in [0.717, 1.165) is 11.1 Å². The molecule has 0 aliphatic heterocycles. The number of methoxy groups -OCH3 is 1. The van der Waals surface area contributed by atoms with Gasteiger partial charge in [0.2, 0.25) is 5.91 Å². The van der Waals surface area contributed by atoms with Crippen LogP contribution in [0.3, 0.4) is 0 Å². The molecular formula is C20H27ClN2O3. The number of hydrogen-bond acceptors (Lipinski definition) is 4. The Morgan fingerprint density at radius 1 is 1.08 bits per heavy atom. The first-order chi connectivity index (χ1) is 11.9. The van der Waals surface area contributed by atoms with E-state index in [9.17, 15) is 4.79 Å². The first-order valence-electron chi connectivity index (χ1n) is 8.37. The van der Waals surface area contributed by atoms with Gasteiger partial charge in [-0.1, -0.05) is 18.2 Å². The van der Waals surface area contributed by atoms with Crippen LogP contribution >= 0.6 is 12.4 Å². The van der Waals surface area contributed by atoms with Gasteiger partial charge in [-0.3, -0.25) is 4.79 Å². The van der Waals surface area contributed by atoms with Crippen molar-refractivity contribution in [1.82, 2.24) is 5.32 Å². The molecule has 0 aromatic heterocycles. The molecule has 26 heavy (non-hydrogen) atoms. The molecule has 2 aromatic carbocycles. The van der Waals surface area contributed by atoms with E-state index < -0.39 is 0 Å². The van der Waals surface area contributed by atoms with Crippen molar-refractivity contribution in [3.8, 4) is 11.5 Å². The van der Waals surface area contributed by atoms with E-state index in [1.807, 2.05) is 51.1 Å². The molecule has 0 saturated heterocycles. The quantitative estimate of drug-likeness (QED) is 0.716. The lowest BCUT2D eigenvalue weighted by Crippen LogP contribution is -2.28. The highest BCUT2D eigenvalue weighted by Gasteiger charge is 2.14. The summed E-state index contributed by atoms with van der Waals surface area (Å²) in [5, 5.41) is 3.00. The zero-order chi connectivity index (χ0) is 18.4. The Bertz CT molecular complexity index is 717. The van der Waals surface area contributed by atoms with E-state index in [-0.39, 0.29) is 30.5 Å². The molecule has 0 heterocycles. The Labute approximate surface area is 161 Å². The highest BCUT2D eigenvalue weighted by Crippen LogP contribution is 2.31. The minimum Gasteiger partial charge on any atom is -0.493 e. The molecule has 0 radical (unpaired) electrons. The number of ether oxygens (including phenoxy) is 2. The number of carbonyl (C=O) groups is 1. The lowest BCUT2D eigenvalue weighted by atomic mass is 10.1. The van der Waals surface area contributed by atoms with Crippen molar-refractivity contribution < 1.29 is 14.3 Å². The summed E-state index contributed by atoms with van der Waals surface area (Å²) in [5.74, 6) is 1.31. The van der Waals surface area contributed by atoms with E-state index in [2.05, 4.69) is 5.32 Å². The maximum atomic E-state index is 12.2. The first kappa shape index (κ1) is 21.6. The van der Waals surface area contributed by atoms with Crippen LogP contribution in [-0.2, 0) is 11.2 Å². The van der Waals surface area contributed by atoms with Crippen molar-refractivity contribution in [2.45, 2.75) is 39.3 Å². The minimum atomic E-state index is -0.136. The summed E-state index contributed by atoms with van der Waals surface area (Å²) in [6.07, 6.45) is 0.382. The van der Waals surface area contributed by atoms with Crippen LogP contribution in [0, 0.1) is 0 Å². The zero-order valence-corrected chi connectivity index (χ0v) is 16.4. The Morgan fingerprint density at radius 2 is 1.73 bits per heavy atom. The van der Waals surface area contributed by atoms with Gasteiger partial charge in [-0.25, -0.2) is 0 Å². The molecular weight excluding hydrogens is 352 g/mol. The van der Waals surface area contributed by atoms with E-state index in [0.29, 0.717) is 23.6 Å². The molecule has 0 aliphatic carbocycles. The number of hydrogen-bond donors (Lipinski definition) is 2. The molecule has 3 N–H and O–H groups in total. The molecule has 0 bridgehead atoms. The number of halogens is 1. The third-order valence-electron chi connectivity index (χ3n) is 3.77. The molecule has 1 unspecified atom stereocenters. The fourth-order valence-electron chi connectivity index (χ4n) is 2.50. The molecule has 2 aromatic rings. The van der Waals surface area contributed by atoms with E-state index in [1.165, 1.54) is 0 Å². The highest BCUT2D eigenvalue weighted by atomic mass is 35.5. The summed E-state index contributed by atoms with van der Waals surface area (Å²) in [4.78, 5) is 12.2. The van der Waals surface area contributed by atoms with Crippen molar-refractivity contribution >= 4 is 24.0 Å². The van der Waals surface area contributed by atoms with E-state index >= 15 is 0 Å². The van der Waals surface area contributed by atoms with Crippen molar-refractivity contribution in [2.75, 3.05) is 12.8 Å². The number of nitrogen functional groups attached to an aromatic ring is 1. The molecule has 0 fully saturated rings. The highest BCUT2D eigenvalue weighted by molar-refractivity contribution is 5.85. The summed E-state index contributed by atoms with van der Waals surface area (Å²) in [5.41, 5.74) is 8.23. The maximum absolute atomic E-state index is 12.2. The lowest BCUT2D eigenvalue weighted by Gasteiger charge is -2.18. The van der Waals surface area contributed by atoms with Crippen LogP contribution in [-0.4, -0.2) is 19.1 Å². The molecule has 5 nitrogen and oxygen atoms in total. The average molecular weight is 379 g/mol. The summed E-state index contributed by atoms with van der Waals surface area (Å²) in [7, 11) is 1.61. The molecule has 2 rings (SSSR count). The largest absolute Gasteiger partial charge is 0.493 e. The van der Waals surface area contributed by atoms with Crippen LogP contribution in [0.2, 0.25) is 0 Å². The van der Waals surface area contributed by atoms with Gasteiger partial charge in [-0.05, 0) is 56.2 Å². The van der Waals surface area contributed by atoms with Crippen LogP contribution in [0.25, 0.3) is 0 Å². The summed E-state index contributed by atoms with van der Waals surface area (Å²) >= 11 is 0. The third kappa shape index (κ3) is 6.15. The molecule has 6 heteroatoms. The molecule has 1 atom stereocenters. The predicted molar refractivity (Wildman–Crippen MR) is 107 cm³/mol. The van der Waals surface area contributed by atoms with Crippen LogP contribution in [0.5, 0.6) is 11.5 Å². The van der Waals surface area contributed by atoms with Crippen LogP contribution < -0.4 is 20.5 Å². The number of nitrogens with one attached hydrogen (secondary N) is 1. The second-order valence-corrected chi connectivity index (χ2v) is 6.28. The standard InChI is InChI=1S/C20H26N2O3.ClH/c1-13(2)25-18-10-7-16(12-19(18)24-4)14(3)22-20(23)11-15-5-8-17(21)9-6-15;/h5-10,12-14H,11,21H2,1-4H3,(H,22,23);1H. The normalized spacial score (nSPS) is 11.4. The number of rotatable bonds is 7. The number of amides is 1. The fraction of sp³-hybridized carbons (Fsp3) is 0.350. The summed E-state index contributed by atoms with van der Waals surface area (Å²) < 4.78 is 11.1. The molecule has 0 saturated carbocycles. The lowest BCUT2D eigenvalue weighted by molar-refractivity contribution is -0.121. The topological polar surface area (TPSA) is 73.6 Å². The zero-order valence-electron chi connectivity index (χ0n) is 15.6. The van der Waals surface area contributed by atoms with Crippen molar-refractivity contribution in [1.29, 1.82) is 0 Å². The van der Waals surface area contributed by atoms with Gasteiger partial charge in [-0.2, -0.15) is 0 Å². The Balaban J connectivity index is 0.00000338. The van der Waals surface area contributed by atoms with Gasteiger partial charge in [0.15, 0.2) is 11.5 Å².